The highest BCUT2D eigenvalue weighted by molar-refractivity contribution is 7.16. The van der Waals surface area contributed by atoms with Crippen LogP contribution in [0.25, 0.3) is 10.2 Å². The fourth-order valence-corrected chi connectivity index (χ4v) is 2.42. The minimum Gasteiger partial charge on any atom is -0.399 e. The monoisotopic (exact) mass is 270 g/mol. The smallest absolute Gasteiger partial charge is 0.274 e. The number of amides is 1. The van der Waals surface area contributed by atoms with E-state index in [-0.39, 0.29) is 5.91 Å². The maximum absolute atomic E-state index is 12.0. The molecule has 0 saturated carbocycles. The molecule has 0 aliphatic carbocycles. The molecule has 19 heavy (non-hydrogen) atoms. The van der Waals surface area contributed by atoms with Gasteiger partial charge in [0.1, 0.15) is 5.69 Å². The molecule has 94 valence electrons. The second-order valence-corrected chi connectivity index (χ2v) is 4.85. The number of nitrogens with zero attached hydrogens (tertiary/aromatic N) is 2. The first-order chi connectivity index (χ1) is 9.22. The summed E-state index contributed by atoms with van der Waals surface area (Å²) < 4.78 is 1.03. The van der Waals surface area contributed by atoms with Crippen molar-refractivity contribution in [2.75, 3.05) is 11.1 Å². The van der Waals surface area contributed by atoms with Gasteiger partial charge < -0.3 is 11.1 Å². The molecule has 0 saturated heterocycles. The second-order valence-electron chi connectivity index (χ2n) is 3.96. The number of hydrogen-bond acceptors (Lipinski definition) is 5. The lowest BCUT2D eigenvalue weighted by atomic mass is 10.2. The van der Waals surface area contributed by atoms with Crippen LogP contribution in [0.4, 0.5) is 11.4 Å². The lowest BCUT2D eigenvalue weighted by Crippen LogP contribution is -2.13. The molecule has 5 nitrogen and oxygen atoms in total. The molecule has 1 aromatic carbocycles. The topological polar surface area (TPSA) is 80.9 Å². The molecule has 6 heteroatoms. The van der Waals surface area contributed by atoms with Gasteiger partial charge in [-0.1, -0.05) is 0 Å². The molecule has 0 aliphatic heterocycles. The quantitative estimate of drug-likeness (QED) is 0.749. The Hall–Kier alpha value is -2.47. The number of rotatable bonds is 2. The number of carbonyl (C=O) groups excluding carboxylic acids is 1. The van der Waals surface area contributed by atoms with Crippen LogP contribution in [0.2, 0.25) is 0 Å². The molecule has 1 amide bonds. The van der Waals surface area contributed by atoms with Crippen molar-refractivity contribution in [3.8, 4) is 0 Å². The highest BCUT2D eigenvalue weighted by Crippen LogP contribution is 2.22. The van der Waals surface area contributed by atoms with E-state index >= 15 is 0 Å². The molecular weight excluding hydrogens is 260 g/mol. The lowest BCUT2D eigenvalue weighted by molar-refractivity contribution is 0.102. The van der Waals surface area contributed by atoms with Crippen molar-refractivity contribution in [3.63, 3.8) is 0 Å². The summed E-state index contributed by atoms with van der Waals surface area (Å²) >= 11 is 1.53. The predicted molar refractivity (Wildman–Crippen MR) is 76.2 cm³/mol. The zero-order valence-corrected chi connectivity index (χ0v) is 10.6. The molecule has 0 aliphatic rings. The van der Waals surface area contributed by atoms with Crippen LogP contribution in [0.15, 0.2) is 42.0 Å². The highest BCUT2D eigenvalue weighted by Gasteiger charge is 2.08. The van der Waals surface area contributed by atoms with Crippen LogP contribution < -0.4 is 11.1 Å². The van der Waals surface area contributed by atoms with Crippen LogP contribution in [0.5, 0.6) is 0 Å². The van der Waals surface area contributed by atoms with Crippen molar-refractivity contribution in [2.45, 2.75) is 0 Å². The van der Waals surface area contributed by atoms with E-state index in [2.05, 4.69) is 15.3 Å². The van der Waals surface area contributed by atoms with Crippen molar-refractivity contribution >= 4 is 38.8 Å². The molecule has 0 spiro atoms. The van der Waals surface area contributed by atoms with Gasteiger partial charge in [-0.15, -0.1) is 11.3 Å². The number of nitrogens with one attached hydrogen (secondary N) is 1. The molecule has 0 fully saturated rings. The molecular formula is C13H10N4OS. The van der Waals surface area contributed by atoms with Gasteiger partial charge in [0.15, 0.2) is 0 Å². The SMILES string of the molecule is Nc1ccnc(C(=O)Nc2ccc3ncsc3c2)c1. The summed E-state index contributed by atoms with van der Waals surface area (Å²) in [6.45, 7) is 0. The van der Waals surface area contributed by atoms with Crippen molar-refractivity contribution in [3.05, 3.63) is 47.7 Å². The summed E-state index contributed by atoms with van der Waals surface area (Å²) in [5.41, 5.74) is 9.84. The molecule has 2 aromatic heterocycles. The minimum atomic E-state index is -0.281. The van der Waals surface area contributed by atoms with E-state index < -0.39 is 0 Å². The van der Waals surface area contributed by atoms with E-state index in [0.717, 1.165) is 10.2 Å². The van der Waals surface area contributed by atoms with Gasteiger partial charge in [0.05, 0.1) is 15.7 Å². The maximum atomic E-state index is 12.0. The fourth-order valence-electron chi connectivity index (χ4n) is 1.70. The largest absolute Gasteiger partial charge is 0.399 e. The number of nitrogen functional groups attached to an aromatic ring is 1. The van der Waals surface area contributed by atoms with Gasteiger partial charge >= 0.3 is 0 Å². The van der Waals surface area contributed by atoms with E-state index in [9.17, 15) is 4.79 Å². The van der Waals surface area contributed by atoms with E-state index in [4.69, 9.17) is 5.73 Å². The normalized spacial score (nSPS) is 10.5. The molecule has 3 aromatic rings. The van der Waals surface area contributed by atoms with Crippen molar-refractivity contribution in [1.82, 2.24) is 9.97 Å². The average molecular weight is 270 g/mol. The van der Waals surface area contributed by atoms with Gasteiger partial charge in [-0.2, -0.15) is 0 Å². The van der Waals surface area contributed by atoms with E-state index in [1.807, 2.05) is 18.2 Å². The minimum absolute atomic E-state index is 0.281. The summed E-state index contributed by atoms with van der Waals surface area (Å²) in [5.74, 6) is -0.281. The third-order valence-electron chi connectivity index (χ3n) is 2.61. The molecule has 0 unspecified atom stereocenters. The van der Waals surface area contributed by atoms with Crippen molar-refractivity contribution in [1.29, 1.82) is 0 Å². The van der Waals surface area contributed by atoms with Gasteiger partial charge in [-0.05, 0) is 30.3 Å². The van der Waals surface area contributed by atoms with Crippen LogP contribution >= 0.6 is 11.3 Å². The molecule has 3 rings (SSSR count). The summed E-state index contributed by atoms with van der Waals surface area (Å²) in [4.78, 5) is 20.2. The number of anilines is 2. The number of thiazole rings is 1. The van der Waals surface area contributed by atoms with E-state index in [0.29, 0.717) is 17.1 Å². The fraction of sp³-hybridized carbons (Fsp3) is 0. The first kappa shape index (κ1) is 11.6. The third kappa shape index (κ3) is 2.38. The summed E-state index contributed by atoms with van der Waals surface area (Å²) in [7, 11) is 0. The Balaban J connectivity index is 1.86. The average Bonchev–Trinajstić information content (AvgIpc) is 2.86. The summed E-state index contributed by atoms with van der Waals surface area (Å²) in [6.07, 6.45) is 1.51. The zero-order valence-electron chi connectivity index (χ0n) is 9.83. The number of fused-ring (bicyclic) bond motifs is 1. The number of benzene rings is 1. The molecule has 2 heterocycles. The second kappa shape index (κ2) is 4.66. The number of pyridine rings is 1. The Morgan fingerprint density at radius 1 is 1.21 bits per heavy atom. The van der Waals surface area contributed by atoms with Gasteiger partial charge in [-0.25, -0.2) is 4.98 Å². The zero-order chi connectivity index (χ0) is 13.2. The van der Waals surface area contributed by atoms with E-state index in [1.165, 1.54) is 17.5 Å². The maximum Gasteiger partial charge on any atom is 0.274 e. The number of nitrogens with two attached hydrogens (primary N) is 1. The summed E-state index contributed by atoms with van der Waals surface area (Å²) in [5, 5.41) is 2.79. The first-order valence-corrected chi connectivity index (χ1v) is 6.46. The predicted octanol–water partition coefficient (Wildman–Crippen LogP) is 2.53. The van der Waals surface area contributed by atoms with Gasteiger partial charge in [0.25, 0.3) is 5.91 Å². The Morgan fingerprint density at radius 3 is 2.95 bits per heavy atom. The Bertz CT molecular complexity index is 753. The van der Waals surface area contributed by atoms with E-state index in [1.54, 1.807) is 17.6 Å². The molecule has 0 atom stereocenters. The van der Waals surface area contributed by atoms with Gasteiger partial charge in [0.2, 0.25) is 0 Å². The Kier molecular flexibility index (Phi) is 2.85. The summed E-state index contributed by atoms with van der Waals surface area (Å²) in [6, 6.07) is 8.75. The Labute approximate surface area is 113 Å². The number of hydrogen-bond donors (Lipinski definition) is 2. The van der Waals surface area contributed by atoms with Crippen LogP contribution in [0.3, 0.4) is 0 Å². The lowest BCUT2D eigenvalue weighted by Gasteiger charge is -2.05. The first-order valence-electron chi connectivity index (χ1n) is 5.58. The van der Waals surface area contributed by atoms with Crippen LogP contribution in [0, 0.1) is 0 Å². The van der Waals surface area contributed by atoms with Crippen LogP contribution in [0.1, 0.15) is 10.5 Å². The third-order valence-corrected chi connectivity index (χ3v) is 3.40. The molecule has 0 radical (unpaired) electrons. The number of carbonyl (C=O) groups is 1. The van der Waals surface area contributed by atoms with Crippen LogP contribution in [-0.4, -0.2) is 15.9 Å². The Morgan fingerprint density at radius 2 is 2.11 bits per heavy atom. The standard InChI is InChI=1S/C13H10N4OS/c14-8-3-4-15-11(5-8)13(18)17-9-1-2-10-12(6-9)19-7-16-10/h1-7H,(H2,14,15)(H,17,18). The highest BCUT2D eigenvalue weighted by atomic mass is 32.1. The van der Waals surface area contributed by atoms with Gasteiger partial charge in [0, 0.05) is 17.6 Å². The van der Waals surface area contributed by atoms with Crippen molar-refractivity contribution < 1.29 is 4.79 Å². The molecule has 0 bridgehead atoms. The van der Waals surface area contributed by atoms with Crippen LogP contribution in [-0.2, 0) is 0 Å². The molecule has 3 N–H and O–H groups in total. The number of aromatic nitrogens is 2. The van der Waals surface area contributed by atoms with Crippen molar-refractivity contribution in [2.24, 2.45) is 0 Å². The van der Waals surface area contributed by atoms with Gasteiger partial charge in [-0.3, -0.25) is 9.78 Å².